The van der Waals surface area contributed by atoms with Gasteiger partial charge in [-0.1, -0.05) is 0 Å². The molecule has 1 amide bonds. The van der Waals surface area contributed by atoms with Gasteiger partial charge in [0.2, 0.25) is 5.95 Å². The average molecular weight is 264 g/mol. The predicted molar refractivity (Wildman–Crippen MR) is 71.6 cm³/mol. The van der Waals surface area contributed by atoms with Gasteiger partial charge in [0.25, 0.3) is 0 Å². The minimum Gasteiger partial charge on any atom is -0.444 e. The molecule has 1 aliphatic rings. The van der Waals surface area contributed by atoms with Gasteiger partial charge in [-0.25, -0.2) is 14.8 Å². The number of alkyl carbamates (subject to hydrolysis) is 1. The van der Waals surface area contributed by atoms with Crippen LogP contribution in [0.2, 0.25) is 0 Å². The fourth-order valence-corrected chi connectivity index (χ4v) is 2.12. The lowest BCUT2D eigenvalue weighted by Crippen LogP contribution is -2.42. The number of ether oxygens (including phenoxy) is 1. The Bertz CT molecular complexity index is 482. The van der Waals surface area contributed by atoms with Crippen LogP contribution in [0.4, 0.5) is 10.7 Å². The lowest BCUT2D eigenvalue weighted by molar-refractivity contribution is 0.0500. The van der Waals surface area contributed by atoms with E-state index in [0.717, 1.165) is 30.5 Å². The summed E-state index contributed by atoms with van der Waals surface area (Å²) >= 11 is 0. The van der Waals surface area contributed by atoms with E-state index in [-0.39, 0.29) is 12.1 Å². The summed E-state index contributed by atoms with van der Waals surface area (Å²) in [6, 6.07) is 0.0644. The molecule has 1 aliphatic carbocycles. The van der Waals surface area contributed by atoms with Gasteiger partial charge in [-0.3, -0.25) is 0 Å². The Morgan fingerprint density at radius 1 is 1.53 bits per heavy atom. The maximum absolute atomic E-state index is 11.7. The normalized spacial score (nSPS) is 18.6. The molecule has 0 spiro atoms. The molecule has 1 aromatic heterocycles. The van der Waals surface area contributed by atoms with Gasteiger partial charge in [0.15, 0.2) is 0 Å². The van der Waals surface area contributed by atoms with E-state index in [0.29, 0.717) is 5.95 Å². The third-order valence-corrected chi connectivity index (χ3v) is 2.89. The monoisotopic (exact) mass is 264 g/mol. The van der Waals surface area contributed by atoms with Crippen molar-refractivity contribution >= 4 is 12.0 Å². The third kappa shape index (κ3) is 3.81. The zero-order valence-electron chi connectivity index (χ0n) is 11.6. The fourth-order valence-electron chi connectivity index (χ4n) is 2.12. The fraction of sp³-hybridized carbons (Fsp3) is 0.615. The SMILES string of the molecule is CC(C)(C)OC(=O)N[C@H]1CCc2nc(N)ncc2C1. The number of fused-ring (bicyclic) bond motifs is 1. The molecule has 0 aromatic carbocycles. The number of amides is 1. The standard InChI is InChI=1S/C13H20N4O2/c1-13(2,3)19-12(18)16-9-4-5-10-8(6-9)7-15-11(14)17-10/h7,9H,4-6H2,1-3H3,(H,16,18)(H2,14,15,17)/t9-/m0/s1. The summed E-state index contributed by atoms with van der Waals surface area (Å²) in [5, 5.41) is 2.88. The van der Waals surface area contributed by atoms with E-state index in [1.165, 1.54) is 0 Å². The number of carbonyl (C=O) groups excluding carboxylic acids is 1. The number of hydrogen-bond acceptors (Lipinski definition) is 5. The topological polar surface area (TPSA) is 90.1 Å². The quantitative estimate of drug-likeness (QED) is 0.801. The van der Waals surface area contributed by atoms with Crippen molar-refractivity contribution in [3.8, 4) is 0 Å². The van der Waals surface area contributed by atoms with Crippen molar-refractivity contribution in [3.05, 3.63) is 17.5 Å². The number of carbonyl (C=O) groups is 1. The van der Waals surface area contributed by atoms with Crippen LogP contribution in [0.5, 0.6) is 0 Å². The van der Waals surface area contributed by atoms with Crippen LogP contribution in [0.25, 0.3) is 0 Å². The van der Waals surface area contributed by atoms with E-state index in [1.54, 1.807) is 6.20 Å². The van der Waals surface area contributed by atoms with Crippen molar-refractivity contribution in [2.45, 2.75) is 51.7 Å². The van der Waals surface area contributed by atoms with E-state index in [2.05, 4.69) is 15.3 Å². The van der Waals surface area contributed by atoms with Crippen LogP contribution in [0.1, 0.15) is 38.4 Å². The molecule has 1 aromatic rings. The van der Waals surface area contributed by atoms with Crippen molar-refractivity contribution in [2.24, 2.45) is 0 Å². The number of aryl methyl sites for hydroxylation is 1. The highest BCUT2D eigenvalue weighted by molar-refractivity contribution is 5.68. The first-order valence-electron chi connectivity index (χ1n) is 6.43. The van der Waals surface area contributed by atoms with E-state index >= 15 is 0 Å². The molecular formula is C13H20N4O2. The molecule has 1 heterocycles. The molecule has 2 rings (SSSR count). The number of nitrogens with two attached hydrogens (primary N) is 1. The molecule has 1 atom stereocenters. The summed E-state index contributed by atoms with van der Waals surface area (Å²) in [5.41, 5.74) is 7.10. The second-order valence-corrected chi connectivity index (χ2v) is 5.79. The molecule has 0 unspecified atom stereocenters. The molecule has 104 valence electrons. The molecule has 0 fully saturated rings. The van der Waals surface area contributed by atoms with Gasteiger partial charge < -0.3 is 15.8 Å². The lowest BCUT2D eigenvalue weighted by atomic mass is 9.93. The van der Waals surface area contributed by atoms with E-state index in [9.17, 15) is 4.79 Å². The molecule has 3 N–H and O–H groups in total. The Hall–Kier alpha value is -1.85. The summed E-state index contributed by atoms with van der Waals surface area (Å²) in [6.45, 7) is 5.54. The van der Waals surface area contributed by atoms with Crippen molar-refractivity contribution in [3.63, 3.8) is 0 Å². The summed E-state index contributed by atoms with van der Waals surface area (Å²) < 4.78 is 5.25. The molecule has 0 saturated carbocycles. The predicted octanol–water partition coefficient (Wildman–Crippen LogP) is 1.44. The highest BCUT2D eigenvalue weighted by Gasteiger charge is 2.24. The number of rotatable bonds is 1. The molecule has 6 heteroatoms. The van der Waals surface area contributed by atoms with E-state index < -0.39 is 5.60 Å². The Labute approximate surface area is 112 Å². The molecular weight excluding hydrogens is 244 g/mol. The summed E-state index contributed by atoms with van der Waals surface area (Å²) in [6.07, 6.45) is 3.71. The summed E-state index contributed by atoms with van der Waals surface area (Å²) in [4.78, 5) is 19.9. The Morgan fingerprint density at radius 2 is 2.26 bits per heavy atom. The van der Waals surface area contributed by atoms with E-state index in [1.807, 2.05) is 20.8 Å². The van der Waals surface area contributed by atoms with Gasteiger partial charge in [-0.15, -0.1) is 0 Å². The number of hydrogen-bond donors (Lipinski definition) is 2. The van der Waals surface area contributed by atoms with Gasteiger partial charge >= 0.3 is 6.09 Å². The van der Waals surface area contributed by atoms with Crippen molar-refractivity contribution in [1.29, 1.82) is 0 Å². The van der Waals surface area contributed by atoms with E-state index in [4.69, 9.17) is 10.5 Å². The van der Waals surface area contributed by atoms with Gasteiger partial charge in [-0.05, 0) is 45.6 Å². The third-order valence-electron chi connectivity index (χ3n) is 2.89. The minimum atomic E-state index is -0.478. The van der Waals surface area contributed by atoms with Crippen LogP contribution in [0.15, 0.2) is 6.20 Å². The zero-order chi connectivity index (χ0) is 14.0. The van der Waals surface area contributed by atoms with Crippen LogP contribution in [0, 0.1) is 0 Å². The number of anilines is 1. The van der Waals surface area contributed by atoms with Crippen molar-refractivity contribution < 1.29 is 9.53 Å². The van der Waals surface area contributed by atoms with Gasteiger partial charge in [-0.2, -0.15) is 0 Å². The molecule has 0 saturated heterocycles. The first-order chi connectivity index (χ1) is 8.83. The highest BCUT2D eigenvalue weighted by atomic mass is 16.6. The maximum atomic E-state index is 11.7. The molecule has 0 bridgehead atoms. The van der Waals surface area contributed by atoms with Crippen LogP contribution in [-0.4, -0.2) is 27.7 Å². The average Bonchev–Trinajstić information content (AvgIpc) is 2.26. The van der Waals surface area contributed by atoms with Crippen LogP contribution in [-0.2, 0) is 17.6 Å². The molecule has 19 heavy (non-hydrogen) atoms. The Balaban J connectivity index is 1.95. The summed E-state index contributed by atoms with van der Waals surface area (Å²) in [5.74, 6) is 0.303. The number of nitrogens with one attached hydrogen (secondary N) is 1. The highest BCUT2D eigenvalue weighted by Crippen LogP contribution is 2.20. The smallest absolute Gasteiger partial charge is 0.407 e. The van der Waals surface area contributed by atoms with Crippen molar-refractivity contribution in [1.82, 2.24) is 15.3 Å². The second-order valence-electron chi connectivity index (χ2n) is 5.79. The van der Waals surface area contributed by atoms with Crippen molar-refractivity contribution in [2.75, 3.05) is 5.73 Å². The van der Waals surface area contributed by atoms with Crippen LogP contribution >= 0.6 is 0 Å². The Morgan fingerprint density at radius 3 is 2.95 bits per heavy atom. The Kier molecular flexibility index (Phi) is 3.59. The van der Waals surface area contributed by atoms with Gasteiger partial charge in [0.1, 0.15) is 5.60 Å². The first-order valence-corrected chi connectivity index (χ1v) is 6.43. The molecule has 0 aliphatic heterocycles. The molecule has 6 nitrogen and oxygen atoms in total. The first kappa shape index (κ1) is 13.6. The van der Waals surface area contributed by atoms with Gasteiger partial charge in [0, 0.05) is 17.9 Å². The summed E-state index contributed by atoms with van der Waals surface area (Å²) in [7, 11) is 0. The maximum Gasteiger partial charge on any atom is 0.407 e. The van der Waals surface area contributed by atoms with Crippen LogP contribution < -0.4 is 11.1 Å². The van der Waals surface area contributed by atoms with Crippen LogP contribution in [0.3, 0.4) is 0 Å². The lowest BCUT2D eigenvalue weighted by Gasteiger charge is -2.26. The number of aromatic nitrogens is 2. The number of nitrogens with zero attached hydrogens (tertiary/aromatic N) is 2. The largest absolute Gasteiger partial charge is 0.444 e. The number of nitrogen functional groups attached to an aromatic ring is 1. The minimum absolute atomic E-state index is 0.0644. The molecule has 0 radical (unpaired) electrons. The second kappa shape index (κ2) is 5.03. The van der Waals surface area contributed by atoms with Gasteiger partial charge in [0.05, 0.1) is 0 Å². The zero-order valence-corrected chi connectivity index (χ0v) is 11.6.